The molecule has 0 unspecified atom stereocenters. The molecule has 1 heterocycles. The number of ether oxygens (including phenoxy) is 1. The van der Waals surface area contributed by atoms with Crippen LogP contribution in [0.2, 0.25) is 0 Å². The van der Waals surface area contributed by atoms with Gasteiger partial charge in [-0.3, -0.25) is 4.79 Å². The Morgan fingerprint density at radius 3 is 2.52 bits per heavy atom. The quantitative estimate of drug-likeness (QED) is 0.814. The van der Waals surface area contributed by atoms with E-state index in [0.717, 1.165) is 30.2 Å². The highest BCUT2D eigenvalue weighted by atomic mass is 79.9. The number of carbonyl (C=O) groups is 2. The minimum Gasteiger partial charge on any atom is -0.451 e. The number of aromatic amines is 1. The Labute approximate surface area is 133 Å². The third-order valence-corrected chi connectivity index (χ3v) is 4.13. The second kappa shape index (κ2) is 8.22. The molecule has 1 aliphatic carbocycles. The second-order valence-electron chi connectivity index (χ2n) is 5.42. The lowest BCUT2D eigenvalue weighted by Crippen LogP contribution is -2.38. The Morgan fingerprint density at radius 2 is 1.90 bits per heavy atom. The molecule has 6 heteroatoms. The average Bonchev–Trinajstić information content (AvgIpc) is 2.86. The molecule has 0 radical (unpaired) electrons. The van der Waals surface area contributed by atoms with Crippen molar-refractivity contribution in [1.82, 2.24) is 10.3 Å². The summed E-state index contributed by atoms with van der Waals surface area (Å²) < 4.78 is 5.77. The lowest BCUT2D eigenvalue weighted by Gasteiger charge is -2.20. The number of nitrogens with one attached hydrogen (secondary N) is 2. The van der Waals surface area contributed by atoms with Crippen LogP contribution in [-0.2, 0) is 9.53 Å². The van der Waals surface area contributed by atoms with Crippen LogP contribution in [0.5, 0.6) is 0 Å². The number of halogens is 1. The van der Waals surface area contributed by atoms with Crippen molar-refractivity contribution < 1.29 is 14.3 Å². The van der Waals surface area contributed by atoms with E-state index in [-0.39, 0.29) is 18.6 Å². The van der Waals surface area contributed by atoms with Gasteiger partial charge in [-0.05, 0) is 34.8 Å². The van der Waals surface area contributed by atoms with Gasteiger partial charge in [0.05, 0.1) is 0 Å². The van der Waals surface area contributed by atoms with Crippen molar-refractivity contribution in [1.29, 1.82) is 0 Å². The zero-order valence-electron chi connectivity index (χ0n) is 12.0. The van der Waals surface area contributed by atoms with E-state index in [0.29, 0.717) is 5.69 Å². The monoisotopic (exact) mass is 356 g/mol. The van der Waals surface area contributed by atoms with E-state index in [2.05, 4.69) is 26.2 Å². The van der Waals surface area contributed by atoms with E-state index in [1.54, 1.807) is 12.3 Å². The van der Waals surface area contributed by atoms with Crippen LogP contribution in [-0.4, -0.2) is 29.5 Å². The number of H-pyrrole nitrogens is 1. The van der Waals surface area contributed by atoms with E-state index in [4.69, 9.17) is 4.74 Å². The molecule has 2 rings (SSSR count). The predicted molar refractivity (Wildman–Crippen MR) is 83.0 cm³/mol. The summed E-state index contributed by atoms with van der Waals surface area (Å²) in [5.74, 6) is -0.743. The molecule has 0 spiro atoms. The molecule has 0 saturated heterocycles. The molecule has 21 heavy (non-hydrogen) atoms. The number of hydrogen-bond acceptors (Lipinski definition) is 3. The van der Waals surface area contributed by atoms with E-state index >= 15 is 0 Å². The SMILES string of the molecule is O=C(COC(=O)c1cc(Br)c[nH]1)NC1CCCCCCC1. The molecule has 1 saturated carbocycles. The molecule has 116 valence electrons. The summed E-state index contributed by atoms with van der Waals surface area (Å²) in [6, 6.07) is 1.84. The number of esters is 1. The highest BCUT2D eigenvalue weighted by molar-refractivity contribution is 9.10. The Hall–Kier alpha value is -1.30. The van der Waals surface area contributed by atoms with Gasteiger partial charge in [0.25, 0.3) is 5.91 Å². The van der Waals surface area contributed by atoms with E-state index < -0.39 is 5.97 Å². The lowest BCUT2D eigenvalue weighted by molar-refractivity contribution is -0.125. The van der Waals surface area contributed by atoms with Gasteiger partial charge in [0.1, 0.15) is 5.69 Å². The van der Waals surface area contributed by atoms with Gasteiger partial charge < -0.3 is 15.0 Å². The van der Waals surface area contributed by atoms with Crippen molar-refractivity contribution >= 4 is 27.8 Å². The number of rotatable bonds is 4. The number of hydrogen-bond donors (Lipinski definition) is 2. The highest BCUT2D eigenvalue weighted by Gasteiger charge is 2.16. The van der Waals surface area contributed by atoms with Crippen LogP contribution in [0.4, 0.5) is 0 Å². The molecule has 0 aliphatic heterocycles. The van der Waals surface area contributed by atoms with Gasteiger partial charge in [0, 0.05) is 16.7 Å². The molecule has 1 aromatic rings. The fourth-order valence-electron chi connectivity index (χ4n) is 2.56. The van der Waals surface area contributed by atoms with Crippen LogP contribution in [0.15, 0.2) is 16.7 Å². The summed E-state index contributed by atoms with van der Waals surface area (Å²) in [5, 5.41) is 2.96. The van der Waals surface area contributed by atoms with Gasteiger partial charge in [-0.15, -0.1) is 0 Å². The van der Waals surface area contributed by atoms with Crippen molar-refractivity contribution in [3.05, 3.63) is 22.4 Å². The van der Waals surface area contributed by atoms with Crippen LogP contribution in [0.1, 0.15) is 55.4 Å². The smallest absolute Gasteiger partial charge is 0.355 e. The van der Waals surface area contributed by atoms with Crippen LogP contribution >= 0.6 is 15.9 Å². The van der Waals surface area contributed by atoms with Crippen molar-refractivity contribution in [2.24, 2.45) is 0 Å². The summed E-state index contributed by atoms with van der Waals surface area (Å²) >= 11 is 3.24. The first-order valence-corrected chi connectivity index (χ1v) is 8.25. The fraction of sp³-hybridized carbons (Fsp3) is 0.600. The Bertz CT molecular complexity index is 479. The lowest BCUT2D eigenvalue weighted by atomic mass is 9.97. The molecule has 1 aliphatic rings. The van der Waals surface area contributed by atoms with Gasteiger partial charge in [-0.2, -0.15) is 0 Å². The summed E-state index contributed by atoms with van der Waals surface area (Å²) in [7, 11) is 0. The molecule has 0 bridgehead atoms. The molecule has 0 aromatic carbocycles. The van der Waals surface area contributed by atoms with E-state index in [9.17, 15) is 9.59 Å². The molecular weight excluding hydrogens is 336 g/mol. The van der Waals surface area contributed by atoms with Gasteiger partial charge in [-0.25, -0.2) is 4.79 Å². The zero-order valence-corrected chi connectivity index (χ0v) is 13.6. The Morgan fingerprint density at radius 1 is 1.24 bits per heavy atom. The first-order valence-electron chi connectivity index (χ1n) is 7.45. The maximum Gasteiger partial charge on any atom is 0.355 e. The number of carbonyl (C=O) groups excluding carboxylic acids is 2. The minimum absolute atomic E-state index is 0.219. The third-order valence-electron chi connectivity index (χ3n) is 3.67. The third kappa shape index (κ3) is 5.53. The Kier molecular flexibility index (Phi) is 6.29. The van der Waals surface area contributed by atoms with Gasteiger partial charge in [-0.1, -0.05) is 32.1 Å². The largest absolute Gasteiger partial charge is 0.451 e. The molecule has 0 atom stereocenters. The highest BCUT2D eigenvalue weighted by Crippen LogP contribution is 2.17. The number of amides is 1. The molecule has 1 aromatic heterocycles. The predicted octanol–water partition coefficient (Wildman–Crippen LogP) is 3.16. The van der Waals surface area contributed by atoms with Crippen LogP contribution in [0.3, 0.4) is 0 Å². The van der Waals surface area contributed by atoms with Crippen LogP contribution in [0.25, 0.3) is 0 Å². The molecule has 5 nitrogen and oxygen atoms in total. The standard InChI is InChI=1S/C15H21BrN2O3/c16-11-8-13(17-9-11)15(20)21-10-14(19)18-12-6-4-2-1-3-5-7-12/h8-9,12,17H,1-7,10H2,(H,18,19). The van der Waals surface area contributed by atoms with Gasteiger partial charge >= 0.3 is 5.97 Å². The zero-order chi connectivity index (χ0) is 15.1. The minimum atomic E-state index is -0.520. The summed E-state index contributed by atoms with van der Waals surface area (Å²) in [6.07, 6.45) is 9.76. The maximum atomic E-state index is 11.8. The first-order chi connectivity index (χ1) is 10.1. The maximum absolute atomic E-state index is 11.8. The van der Waals surface area contributed by atoms with Crippen LogP contribution in [0, 0.1) is 0 Å². The molecular formula is C15H21BrN2O3. The first kappa shape index (κ1) is 16.1. The van der Waals surface area contributed by atoms with Gasteiger partial charge in [0.15, 0.2) is 6.61 Å². The summed E-state index contributed by atoms with van der Waals surface area (Å²) in [4.78, 5) is 26.3. The van der Waals surface area contributed by atoms with E-state index in [1.165, 1.54) is 19.3 Å². The van der Waals surface area contributed by atoms with Crippen LogP contribution < -0.4 is 5.32 Å². The van der Waals surface area contributed by atoms with Gasteiger partial charge in [0.2, 0.25) is 0 Å². The average molecular weight is 357 g/mol. The summed E-state index contributed by atoms with van der Waals surface area (Å²) in [6.45, 7) is -0.230. The molecule has 1 fully saturated rings. The summed E-state index contributed by atoms with van der Waals surface area (Å²) in [5.41, 5.74) is 0.334. The molecule has 1 amide bonds. The fourth-order valence-corrected chi connectivity index (χ4v) is 2.91. The topological polar surface area (TPSA) is 71.2 Å². The van der Waals surface area contributed by atoms with Crippen molar-refractivity contribution in [2.75, 3.05) is 6.61 Å². The normalized spacial score (nSPS) is 16.8. The van der Waals surface area contributed by atoms with Crippen molar-refractivity contribution in [3.63, 3.8) is 0 Å². The number of aromatic nitrogens is 1. The second-order valence-corrected chi connectivity index (χ2v) is 6.33. The Balaban J connectivity index is 1.72. The van der Waals surface area contributed by atoms with E-state index in [1.807, 2.05) is 0 Å². The van der Waals surface area contributed by atoms with Crippen molar-refractivity contribution in [3.8, 4) is 0 Å². The van der Waals surface area contributed by atoms with Crippen molar-refractivity contribution in [2.45, 2.75) is 51.0 Å². The molecule has 2 N–H and O–H groups in total.